The van der Waals surface area contributed by atoms with Gasteiger partial charge in [0.1, 0.15) is 0 Å². The summed E-state index contributed by atoms with van der Waals surface area (Å²) in [6, 6.07) is 10.8. The zero-order valence-corrected chi connectivity index (χ0v) is 13.6. The van der Waals surface area contributed by atoms with Crippen LogP contribution in [0.2, 0.25) is 0 Å². The van der Waals surface area contributed by atoms with Gasteiger partial charge in [0, 0.05) is 41.6 Å². The van der Waals surface area contributed by atoms with Gasteiger partial charge in [0.2, 0.25) is 0 Å². The molecule has 1 aromatic carbocycles. The molecule has 1 aliphatic rings. The van der Waals surface area contributed by atoms with Crippen molar-refractivity contribution in [2.75, 3.05) is 13.1 Å². The number of aromatic nitrogens is 2. The number of rotatable bonds is 4. The van der Waals surface area contributed by atoms with Gasteiger partial charge >= 0.3 is 0 Å². The lowest BCUT2D eigenvalue weighted by Crippen LogP contribution is -2.58. The molecule has 20 heavy (non-hydrogen) atoms. The van der Waals surface area contributed by atoms with Crippen molar-refractivity contribution < 1.29 is 0 Å². The standard InChI is InChI=1S/C16H20BrN3/c1-3-20-13(8-12(2)19-20)9-16(10-18-11-16)14-6-4-5-7-15(14)17/h4-8,18H,3,9-11H2,1-2H3. The van der Waals surface area contributed by atoms with Gasteiger partial charge < -0.3 is 5.32 Å². The minimum absolute atomic E-state index is 0.194. The molecule has 0 radical (unpaired) electrons. The topological polar surface area (TPSA) is 29.9 Å². The van der Waals surface area contributed by atoms with Crippen LogP contribution in [0.4, 0.5) is 0 Å². The number of halogens is 1. The quantitative estimate of drug-likeness (QED) is 0.931. The third kappa shape index (κ3) is 2.31. The second-order valence-corrected chi connectivity index (χ2v) is 6.49. The molecule has 0 aliphatic carbocycles. The van der Waals surface area contributed by atoms with E-state index in [2.05, 4.69) is 75.2 Å². The average molecular weight is 334 g/mol. The van der Waals surface area contributed by atoms with Crippen molar-refractivity contribution in [1.82, 2.24) is 15.1 Å². The molecule has 2 heterocycles. The van der Waals surface area contributed by atoms with Gasteiger partial charge in [0.25, 0.3) is 0 Å². The molecule has 0 unspecified atom stereocenters. The zero-order chi connectivity index (χ0) is 14.2. The van der Waals surface area contributed by atoms with Crippen LogP contribution >= 0.6 is 15.9 Å². The average Bonchev–Trinajstić information content (AvgIpc) is 2.75. The van der Waals surface area contributed by atoms with Gasteiger partial charge in [-0.25, -0.2) is 0 Å². The van der Waals surface area contributed by atoms with Crippen LogP contribution in [0.15, 0.2) is 34.8 Å². The number of hydrogen-bond acceptors (Lipinski definition) is 2. The summed E-state index contributed by atoms with van der Waals surface area (Å²) >= 11 is 3.71. The SMILES string of the molecule is CCn1nc(C)cc1CC1(c2ccccc2Br)CNC1. The molecule has 0 atom stereocenters. The Morgan fingerprint density at radius 2 is 2.10 bits per heavy atom. The molecule has 1 fully saturated rings. The van der Waals surface area contributed by atoms with Gasteiger partial charge in [-0.3, -0.25) is 4.68 Å². The van der Waals surface area contributed by atoms with Crippen molar-refractivity contribution in [1.29, 1.82) is 0 Å². The normalized spacial score (nSPS) is 16.9. The summed E-state index contributed by atoms with van der Waals surface area (Å²) in [5.41, 5.74) is 4.04. The Morgan fingerprint density at radius 3 is 2.70 bits per heavy atom. The Kier molecular flexibility index (Phi) is 3.69. The first-order valence-electron chi connectivity index (χ1n) is 7.14. The molecule has 106 valence electrons. The van der Waals surface area contributed by atoms with E-state index in [9.17, 15) is 0 Å². The summed E-state index contributed by atoms with van der Waals surface area (Å²) < 4.78 is 3.34. The van der Waals surface area contributed by atoms with Crippen LogP contribution in [-0.2, 0) is 18.4 Å². The fraction of sp³-hybridized carbons (Fsp3) is 0.438. The Labute approximate surface area is 128 Å². The first-order valence-corrected chi connectivity index (χ1v) is 7.93. The largest absolute Gasteiger partial charge is 0.315 e. The molecule has 0 bridgehead atoms. The van der Waals surface area contributed by atoms with E-state index in [4.69, 9.17) is 0 Å². The minimum Gasteiger partial charge on any atom is -0.315 e. The molecule has 1 saturated heterocycles. The zero-order valence-electron chi connectivity index (χ0n) is 12.0. The van der Waals surface area contributed by atoms with Gasteiger partial charge in [0.05, 0.1) is 5.69 Å². The van der Waals surface area contributed by atoms with Crippen molar-refractivity contribution in [2.45, 2.75) is 32.2 Å². The summed E-state index contributed by atoms with van der Waals surface area (Å²) in [5.74, 6) is 0. The monoisotopic (exact) mass is 333 g/mol. The maximum atomic E-state index is 4.57. The Hall–Kier alpha value is -1.13. The van der Waals surface area contributed by atoms with Crippen molar-refractivity contribution >= 4 is 15.9 Å². The first kappa shape index (κ1) is 13.8. The van der Waals surface area contributed by atoms with Crippen LogP contribution in [0, 0.1) is 6.92 Å². The van der Waals surface area contributed by atoms with Crippen LogP contribution in [-0.4, -0.2) is 22.9 Å². The molecule has 0 saturated carbocycles. The maximum absolute atomic E-state index is 4.57. The van der Waals surface area contributed by atoms with Gasteiger partial charge in [-0.05, 0) is 31.5 Å². The molecule has 0 amide bonds. The number of aryl methyl sites for hydroxylation is 2. The van der Waals surface area contributed by atoms with Gasteiger partial charge in [0.15, 0.2) is 0 Å². The van der Waals surface area contributed by atoms with Crippen LogP contribution in [0.1, 0.15) is 23.9 Å². The van der Waals surface area contributed by atoms with Gasteiger partial charge in [-0.2, -0.15) is 5.10 Å². The smallest absolute Gasteiger partial charge is 0.0596 e. The number of nitrogens with zero attached hydrogens (tertiary/aromatic N) is 2. The highest BCUT2D eigenvalue weighted by molar-refractivity contribution is 9.10. The predicted molar refractivity (Wildman–Crippen MR) is 85.0 cm³/mol. The van der Waals surface area contributed by atoms with E-state index in [0.717, 1.165) is 31.7 Å². The summed E-state index contributed by atoms with van der Waals surface area (Å²) in [6.45, 7) is 7.22. The molecule has 1 aromatic heterocycles. The van der Waals surface area contributed by atoms with Crippen LogP contribution in [0.25, 0.3) is 0 Å². The van der Waals surface area contributed by atoms with E-state index >= 15 is 0 Å². The Bertz CT molecular complexity index is 614. The van der Waals surface area contributed by atoms with Crippen molar-refractivity contribution in [2.24, 2.45) is 0 Å². The summed E-state index contributed by atoms with van der Waals surface area (Å²) in [7, 11) is 0. The van der Waals surface area contributed by atoms with Crippen LogP contribution in [0.3, 0.4) is 0 Å². The molecule has 2 aromatic rings. The maximum Gasteiger partial charge on any atom is 0.0596 e. The van der Waals surface area contributed by atoms with Gasteiger partial charge in [-0.1, -0.05) is 34.1 Å². The van der Waals surface area contributed by atoms with E-state index < -0.39 is 0 Å². The summed E-state index contributed by atoms with van der Waals surface area (Å²) in [6.07, 6.45) is 1.04. The fourth-order valence-corrected chi connectivity index (χ4v) is 3.80. The highest BCUT2D eigenvalue weighted by atomic mass is 79.9. The van der Waals surface area contributed by atoms with Gasteiger partial charge in [-0.15, -0.1) is 0 Å². The second kappa shape index (κ2) is 5.34. The number of hydrogen-bond donors (Lipinski definition) is 1. The third-order valence-electron chi connectivity index (χ3n) is 4.18. The lowest BCUT2D eigenvalue weighted by molar-refractivity contribution is 0.267. The lowest BCUT2D eigenvalue weighted by Gasteiger charge is -2.44. The van der Waals surface area contributed by atoms with E-state index in [0.29, 0.717) is 0 Å². The fourth-order valence-electron chi connectivity index (χ4n) is 3.09. The Morgan fingerprint density at radius 1 is 1.35 bits per heavy atom. The van der Waals surface area contributed by atoms with Crippen LogP contribution in [0.5, 0.6) is 0 Å². The minimum atomic E-state index is 0.194. The first-order chi connectivity index (χ1) is 9.64. The molecule has 1 aliphatic heterocycles. The molecule has 4 heteroatoms. The van der Waals surface area contributed by atoms with E-state index in [1.165, 1.54) is 15.7 Å². The molecule has 1 N–H and O–H groups in total. The van der Waals surface area contributed by atoms with E-state index in [-0.39, 0.29) is 5.41 Å². The second-order valence-electron chi connectivity index (χ2n) is 5.63. The van der Waals surface area contributed by atoms with Crippen molar-refractivity contribution in [3.05, 3.63) is 51.8 Å². The lowest BCUT2D eigenvalue weighted by atomic mass is 9.72. The van der Waals surface area contributed by atoms with Crippen LogP contribution < -0.4 is 5.32 Å². The van der Waals surface area contributed by atoms with Crippen molar-refractivity contribution in [3.8, 4) is 0 Å². The van der Waals surface area contributed by atoms with E-state index in [1.807, 2.05) is 0 Å². The molecule has 3 rings (SSSR count). The highest BCUT2D eigenvalue weighted by Crippen LogP contribution is 2.36. The molecule has 0 spiro atoms. The van der Waals surface area contributed by atoms with Crippen molar-refractivity contribution in [3.63, 3.8) is 0 Å². The number of nitrogens with one attached hydrogen (secondary N) is 1. The highest BCUT2D eigenvalue weighted by Gasteiger charge is 2.40. The molecular weight excluding hydrogens is 314 g/mol. The number of benzene rings is 1. The molecular formula is C16H20BrN3. The predicted octanol–water partition coefficient (Wildman–Crippen LogP) is 3.06. The molecule has 3 nitrogen and oxygen atoms in total. The summed E-state index contributed by atoms with van der Waals surface area (Å²) in [5, 5.41) is 8.01. The van der Waals surface area contributed by atoms with E-state index in [1.54, 1.807) is 0 Å². The summed E-state index contributed by atoms with van der Waals surface area (Å²) in [4.78, 5) is 0. The third-order valence-corrected chi connectivity index (χ3v) is 4.87. The Balaban J connectivity index is 1.96.